The van der Waals surface area contributed by atoms with Crippen molar-refractivity contribution >= 4 is 18.5 Å². The highest BCUT2D eigenvalue weighted by molar-refractivity contribution is 6.58. The van der Waals surface area contributed by atoms with Crippen molar-refractivity contribution in [2.45, 2.75) is 13.3 Å². The first-order valence-electron chi connectivity index (χ1n) is 7.25. The molecule has 2 rings (SSSR count). The molecule has 0 bridgehead atoms. The molecule has 0 atom stereocenters. The SMILES string of the molecule is C=CC1=C(/C=C\C)CN(C(=O)Cc2ccc(B(O)O)cc2)C1. The molecule has 0 saturated carbocycles. The van der Waals surface area contributed by atoms with Gasteiger partial charge in [-0.15, -0.1) is 0 Å². The highest BCUT2D eigenvalue weighted by Crippen LogP contribution is 2.20. The molecule has 0 unspecified atom stereocenters. The van der Waals surface area contributed by atoms with E-state index in [2.05, 4.69) is 6.58 Å². The minimum absolute atomic E-state index is 0.0520. The third kappa shape index (κ3) is 3.75. The van der Waals surface area contributed by atoms with Crippen LogP contribution in [0.1, 0.15) is 12.5 Å². The second kappa shape index (κ2) is 7.25. The number of amides is 1. The molecular weight excluding hydrogens is 277 g/mol. The smallest absolute Gasteiger partial charge is 0.423 e. The minimum Gasteiger partial charge on any atom is -0.423 e. The van der Waals surface area contributed by atoms with Crippen molar-refractivity contribution in [1.82, 2.24) is 4.90 Å². The summed E-state index contributed by atoms with van der Waals surface area (Å²) >= 11 is 0. The van der Waals surface area contributed by atoms with Crippen LogP contribution in [0.2, 0.25) is 0 Å². The molecule has 1 aliphatic rings. The Morgan fingerprint density at radius 3 is 2.45 bits per heavy atom. The average molecular weight is 297 g/mol. The molecule has 5 heteroatoms. The van der Waals surface area contributed by atoms with Crippen LogP contribution in [0.3, 0.4) is 0 Å². The van der Waals surface area contributed by atoms with Gasteiger partial charge in [0.1, 0.15) is 0 Å². The van der Waals surface area contributed by atoms with Gasteiger partial charge in [-0.1, -0.05) is 49.1 Å². The van der Waals surface area contributed by atoms with E-state index in [-0.39, 0.29) is 5.91 Å². The monoisotopic (exact) mass is 297 g/mol. The highest BCUT2D eigenvalue weighted by Gasteiger charge is 2.23. The fraction of sp³-hybridized carbons (Fsp3) is 0.235. The maximum atomic E-state index is 12.4. The number of hydrogen-bond donors (Lipinski definition) is 2. The third-order valence-corrected chi connectivity index (χ3v) is 3.74. The van der Waals surface area contributed by atoms with Crippen LogP contribution in [-0.4, -0.2) is 41.1 Å². The van der Waals surface area contributed by atoms with Gasteiger partial charge in [-0.2, -0.15) is 0 Å². The fourth-order valence-electron chi connectivity index (χ4n) is 2.50. The quantitative estimate of drug-likeness (QED) is 0.791. The van der Waals surface area contributed by atoms with Crippen LogP contribution in [0.5, 0.6) is 0 Å². The zero-order valence-corrected chi connectivity index (χ0v) is 12.7. The van der Waals surface area contributed by atoms with Crippen molar-refractivity contribution in [2.24, 2.45) is 0 Å². The van der Waals surface area contributed by atoms with Gasteiger partial charge in [0.25, 0.3) is 0 Å². The average Bonchev–Trinajstić information content (AvgIpc) is 2.91. The van der Waals surface area contributed by atoms with Crippen LogP contribution >= 0.6 is 0 Å². The van der Waals surface area contributed by atoms with Crippen molar-refractivity contribution < 1.29 is 14.8 Å². The van der Waals surface area contributed by atoms with E-state index in [0.29, 0.717) is 25.0 Å². The largest absolute Gasteiger partial charge is 0.488 e. The lowest BCUT2D eigenvalue weighted by atomic mass is 9.80. The second-order valence-corrected chi connectivity index (χ2v) is 5.30. The van der Waals surface area contributed by atoms with Gasteiger partial charge in [0.15, 0.2) is 0 Å². The molecule has 0 saturated heterocycles. The Hall–Kier alpha value is -2.11. The van der Waals surface area contributed by atoms with E-state index in [1.165, 1.54) is 0 Å². The van der Waals surface area contributed by atoms with Gasteiger partial charge < -0.3 is 14.9 Å². The standard InChI is InChI=1S/C17H20BNO3/c1-3-5-15-12-19(11-14(15)4-2)17(20)10-13-6-8-16(9-7-13)18(21)22/h3-9,21-22H,2,10-12H2,1H3/b5-3-. The Bertz CT molecular complexity index is 617. The number of rotatable bonds is 5. The first-order valence-corrected chi connectivity index (χ1v) is 7.25. The Kier molecular flexibility index (Phi) is 5.36. The van der Waals surface area contributed by atoms with E-state index in [0.717, 1.165) is 16.7 Å². The van der Waals surface area contributed by atoms with Crippen LogP contribution in [0.25, 0.3) is 0 Å². The second-order valence-electron chi connectivity index (χ2n) is 5.30. The summed E-state index contributed by atoms with van der Waals surface area (Å²) in [5.41, 5.74) is 3.49. The molecule has 0 fully saturated rings. The molecule has 0 radical (unpaired) electrons. The van der Waals surface area contributed by atoms with Gasteiger partial charge in [0.2, 0.25) is 5.91 Å². The molecule has 0 spiro atoms. The van der Waals surface area contributed by atoms with Crippen molar-refractivity contribution in [3.05, 3.63) is 65.8 Å². The molecule has 22 heavy (non-hydrogen) atoms. The molecule has 0 aliphatic carbocycles. The van der Waals surface area contributed by atoms with Crippen molar-refractivity contribution in [3.63, 3.8) is 0 Å². The van der Waals surface area contributed by atoms with E-state index in [1.54, 1.807) is 35.2 Å². The number of carbonyl (C=O) groups excluding carboxylic acids is 1. The van der Waals surface area contributed by atoms with Crippen molar-refractivity contribution in [1.29, 1.82) is 0 Å². The lowest BCUT2D eigenvalue weighted by molar-refractivity contribution is -0.129. The van der Waals surface area contributed by atoms with Crippen LogP contribution in [0.15, 0.2) is 60.2 Å². The number of carbonyl (C=O) groups is 1. The number of benzene rings is 1. The van der Waals surface area contributed by atoms with Gasteiger partial charge >= 0.3 is 7.12 Å². The maximum absolute atomic E-state index is 12.4. The van der Waals surface area contributed by atoms with E-state index < -0.39 is 7.12 Å². The van der Waals surface area contributed by atoms with Crippen LogP contribution in [0.4, 0.5) is 0 Å². The van der Waals surface area contributed by atoms with Gasteiger partial charge in [0, 0.05) is 13.1 Å². The molecule has 2 N–H and O–H groups in total. The zero-order chi connectivity index (χ0) is 16.1. The van der Waals surface area contributed by atoms with Gasteiger partial charge in [-0.25, -0.2) is 0 Å². The number of hydrogen-bond acceptors (Lipinski definition) is 3. The van der Waals surface area contributed by atoms with Crippen LogP contribution < -0.4 is 5.46 Å². The van der Waals surface area contributed by atoms with E-state index in [4.69, 9.17) is 10.0 Å². The molecule has 4 nitrogen and oxygen atoms in total. The lowest BCUT2D eigenvalue weighted by Crippen LogP contribution is -2.31. The van der Waals surface area contributed by atoms with E-state index in [1.807, 2.05) is 19.1 Å². The molecule has 114 valence electrons. The Labute approximate surface area is 131 Å². The summed E-state index contributed by atoms with van der Waals surface area (Å²) in [5.74, 6) is 0.0520. The summed E-state index contributed by atoms with van der Waals surface area (Å²) in [6.07, 6.45) is 6.09. The Morgan fingerprint density at radius 2 is 1.91 bits per heavy atom. The number of allylic oxidation sites excluding steroid dienone is 1. The summed E-state index contributed by atoms with van der Waals surface area (Å²) < 4.78 is 0. The van der Waals surface area contributed by atoms with Crippen molar-refractivity contribution in [3.8, 4) is 0 Å². The van der Waals surface area contributed by atoms with Crippen molar-refractivity contribution in [2.75, 3.05) is 13.1 Å². The minimum atomic E-state index is -1.48. The van der Waals surface area contributed by atoms with E-state index >= 15 is 0 Å². The van der Waals surface area contributed by atoms with E-state index in [9.17, 15) is 4.79 Å². The molecule has 1 aliphatic heterocycles. The highest BCUT2D eigenvalue weighted by atomic mass is 16.4. The maximum Gasteiger partial charge on any atom is 0.488 e. The zero-order valence-electron chi connectivity index (χ0n) is 12.7. The summed E-state index contributed by atoms with van der Waals surface area (Å²) in [4.78, 5) is 14.2. The molecule has 1 heterocycles. The van der Waals surface area contributed by atoms with Crippen LogP contribution in [-0.2, 0) is 11.2 Å². The predicted octanol–water partition coefficient (Wildman–Crippen LogP) is 0.810. The van der Waals surface area contributed by atoms with Crippen LogP contribution in [0, 0.1) is 0 Å². The Balaban J connectivity index is 2.00. The van der Waals surface area contributed by atoms with Gasteiger partial charge in [0.05, 0.1) is 6.42 Å². The third-order valence-electron chi connectivity index (χ3n) is 3.74. The number of nitrogens with zero attached hydrogens (tertiary/aromatic N) is 1. The molecule has 1 aromatic rings. The summed E-state index contributed by atoms with van der Waals surface area (Å²) in [6, 6.07) is 6.74. The first-order chi connectivity index (χ1) is 10.5. The lowest BCUT2D eigenvalue weighted by Gasteiger charge is -2.16. The predicted molar refractivity (Wildman–Crippen MR) is 88.6 cm³/mol. The van der Waals surface area contributed by atoms with Gasteiger partial charge in [-0.05, 0) is 29.1 Å². The summed E-state index contributed by atoms with van der Waals surface area (Å²) in [6.45, 7) is 6.96. The first kappa shape index (κ1) is 16.3. The molecule has 1 amide bonds. The molecule has 1 aromatic carbocycles. The summed E-state index contributed by atoms with van der Waals surface area (Å²) in [7, 11) is -1.48. The summed E-state index contributed by atoms with van der Waals surface area (Å²) in [5, 5.41) is 18.1. The molecule has 0 aromatic heterocycles. The van der Waals surface area contributed by atoms with Gasteiger partial charge in [-0.3, -0.25) is 4.79 Å². The molecular formula is C17H20BNO3. The normalized spacial score (nSPS) is 14.8. The fourth-order valence-corrected chi connectivity index (χ4v) is 2.50. The Morgan fingerprint density at radius 1 is 1.27 bits per heavy atom. The topological polar surface area (TPSA) is 60.8 Å².